The van der Waals surface area contributed by atoms with E-state index in [1.54, 1.807) is 0 Å². The molecule has 1 atom stereocenters. The maximum absolute atomic E-state index is 11.5. The fourth-order valence-corrected chi connectivity index (χ4v) is 1.58. The average molecular weight is 198 g/mol. The molecule has 0 radical (unpaired) electrons. The van der Waals surface area contributed by atoms with Gasteiger partial charge in [0.15, 0.2) is 6.29 Å². The van der Waals surface area contributed by atoms with Gasteiger partial charge in [-0.05, 0) is 26.4 Å². The monoisotopic (exact) mass is 198 g/mol. The number of rotatable bonds is 4. The SMILES string of the molecule is CN1CCCC1C(=O)NCC(=O)C=O. The summed E-state index contributed by atoms with van der Waals surface area (Å²) in [7, 11) is 1.87. The number of amides is 1. The summed E-state index contributed by atoms with van der Waals surface area (Å²) in [5.74, 6) is -0.765. The number of likely N-dealkylation sites (tertiary alicyclic amines) is 1. The van der Waals surface area contributed by atoms with E-state index in [2.05, 4.69) is 5.32 Å². The summed E-state index contributed by atoms with van der Waals surface area (Å²) >= 11 is 0. The van der Waals surface area contributed by atoms with Crippen LogP contribution in [0.4, 0.5) is 0 Å². The predicted octanol–water partition coefficient (Wildman–Crippen LogP) is -1.04. The fourth-order valence-electron chi connectivity index (χ4n) is 1.58. The zero-order chi connectivity index (χ0) is 10.6. The van der Waals surface area contributed by atoms with Crippen LogP contribution in [0.1, 0.15) is 12.8 Å². The van der Waals surface area contributed by atoms with Crippen LogP contribution in [-0.2, 0) is 14.4 Å². The summed E-state index contributed by atoms with van der Waals surface area (Å²) in [4.78, 5) is 34.0. The van der Waals surface area contributed by atoms with Crippen molar-refractivity contribution in [3.8, 4) is 0 Å². The van der Waals surface area contributed by atoms with E-state index in [0.717, 1.165) is 19.4 Å². The molecule has 5 nitrogen and oxygen atoms in total. The van der Waals surface area contributed by atoms with Crippen LogP contribution in [0.3, 0.4) is 0 Å². The number of nitrogens with zero attached hydrogens (tertiary/aromatic N) is 1. The lowest BCUT2D eigenvalue weighted by molar-refractivity contribution is -0.131. The maximum Gasteiger partial charge on any atom is 0.237 e. The first-order valence-electron chi connectivity index (χ1n) is 4.61. The molecule has 5 heteroatoms. The topological polar surface area (TPSA) is 66.5 Å². The van der Waals surface area contributed by atoms with Gasteiger partial charge in [-0.3, -0.25) is 19.3 Å². The Morgan fingerprint density at radius 1 is 1.57 bits per heavy atom. The standard InChI is InChI=1S/C9H14N2O3/c1-11-4-2-3-8(11)9(14)10-5-7(13)6-12/h6,8H,2-5H2,1H3,(H,10,14). The Labute approximate surface area is 82.4 Å². The average Bonchev–Trinajstić information content (AvgIpc) is 2.60. The Balaban J connectivity index is 2.34. The Morgan fingerprint density at radius 2 is 2.29 bits per heavy atom. The first-order chi connectivity index (χ1) is 6.65. The van der Waals surface area contributed by atoms with Crippen LogP contribution in [0.2, 0.25) is 0 Å². The molecule has 1 unspecified atom stereocenters. The lowest BCUT2D eigenvalue weighted by Crippen LogP contribution is -2.43. The third-order valence-corrected chi connectivity index (χ3v) is 2.39. The zero-order valence-electron chi connectivity index (χ0n) is 8.16. The van der Waals surface area contributed by atoms with Gasteiger partial charge in [-0.2, -0.15) is 0 Å². The van der Waals surface area contributed by atoms with Crippen molar-refractivity contribution in [1.29, 1.82) is 0 Å². The number of hydrogen-bond donors (Lipinski definition) is 1. The smallest absolute Gasteiger partial charge is 0.237 e. The van der Waals surface area contributed by atoms with Gasteiger partial charge >= 0.3 is 0 Å². The molecule has 1 amide bonds. The number of carbonyl (C=O) groups is 3. The van der Waals surface area contributed by atoms with E-state index < -0.39 is 5.78 Å². The van der Waals surface area contributed by atoms with Gasteiger partial charge in [-0.1, -0.05) is 0 Å². The minimum atomic E-state index is -0.598. The number of ketones is 1. The van der Waals surface area contributed by atoms with Gasteiger partial charge in [0.25, 0.3) is 0 Å². The van der Waals surface area contributed by atoms with Gasteiger partial charge in [0.2, 0.25) is 11.7 Å². The first kappa shape index (κ1) is 10.8. The number of aldehydes is 1. The van der Waals surface area contributed by atoms with E-state index in [1.165, 1.54) is 0 Å². The number of carbonyl (C=O) groups excluding carboxylic acids is 3. The summed E-state index contributed by atoms with van der Waals surface area (Å²) in [6.07, 6.45) is 2.03. The molecule has 0 bridgehead atoms. The van der Waals surface area contributed by atoms with Gasteiger partial charge in [-0.25, -0.2) is 0 Å². The lowest BCUT2D eigenvalue weighted by Gasteiger charge is -2.17. The molecule has 0 saturated carbocycles. The van der Waals surface area contributed by atoms with E-state index in [0.29, 0.717) is 0 Å². The molecule has 1 aliphatic rings. The van der Waals surface area contributed by atoms with Crippen LogP contribution in [-0.4, -0.2) is 49.1 Å². The van der Waals surface area contributed by atoms with Crippen LogP contribution in [0, 0.1) is 0 Å². The number of Topliss-reactive ketones (excluding diaryl/α,β-unsaturated/α-hetero) is 1. The summed E-state index contributed by atoms with van der Waals surface area (Å²) in [5, 5.41) is 2.44. The molecule has 0 aliphatic carbocycles. The van der Waals surface area contributed by atoms with Crippen molar-refractivity contribution in [3.05, 3.63) is 0 Å². The Kier molecular flexibility index (Phi) is 3.76. The fraction of sp³-hybridized carbons (Fsp3) is 0.667. The highest BCUT2D eigenvalue weighted by atomic mass is 16.2. The molecule has 78 valence electrons. The molecule has 0 aromatic rings. The molecular weight excluding hydrogens is 184 g/mol. The minimum absolute atomic E-state index is 0.144. The van der Waals surface area contributed by atoms with E-state index in [-0.39, 0.29) is 24.8 Å². The van der Waals surface area contributed by atoms with Crippen molar-refractivity contribution in [2.45, 2.75) is 18.9 Å². The molecule has 0 aromatic carbocycles. The second-order valence-corrected chi connectivity index (χ2v) is 3.44. The van der Waals surface area contributed by atoms with Crippen LogP contribution < -0.4 is 5.32 Å². The number of hydrogen-bond acceptors (Lipinski definition) is 4. The van der Waals surface area contributed by atoms with Gasteiger partial charge in [0, 0.05) is 0 Å². The van der Waals surface area contributed by atoms with Crippen LogP contribution in [0.15, 0.2) is 0 Å². The minimum Gasteiger partial charge on any atom is -0.347 e. The van der Waals surface area contributed by atoms with Crippen LogP contribution in [0.5, 0.6) is 0 Å². The highest BCUT2D eigenvalue weighted by Gasteiger charge is 2.27. The summed E-state index contributed by atoms with van der Waals surface area (Å²) in [5.41, 5.74) is 0. The van der Waals surface area contributed by atoms with Gasteiger partial charge in [0.1, 0.15) is 0 Å². The largest absolute Gasteiger partial charge is 0.347 e. The van der Waals surface area contributed by atoms with Crippen LogP contribution >= 0.6 is 0 Å². The third kappa shape index (κ3) is 2.63. The van der Waals surface area contributed by atoms with E-state index >= 15 is 0 Å². The highest BCUT2D eigenvalue weighted by molar-refractivity contribution is 6.26. The Morgan fingerprint density at radius 3 is 2.79 bits per heavy atom. The molecule has 0 spiro atoms. The second kappa shape index (κ2) is 4.85. The van der Waals surface area contributed by atoms with Crippen molar-refractivity contribution >= 4 is 18.0 Å². The summed E-state index contributed by atoms with van der Waals surface area (Å²) < 4.78 is 0. The third-order valence-electron chi connectivity index (χ3n) is 2.39. The lowest BCUT2D eigenvalue weighted by atomic mass is 10.2. The highest BCUT2D eigenvalue weighted by Crippen LogP contribution is 2.14. The summed E-state index contributed by atoms with van der Waals surface area (Å²) in [6, 6.07) is -0.144. The quantitative estimate of drug-likeness (QED) is 0.463. The van der Waals surface area contributed by atoms with Crippen LogP contribution in [0.25, 0.3) is 0 Å². The zero-order valence-corrected chi connectivity index (χ0v) is 8.16. The van der Waals surface area contributed by atoms with Gasteiger partial charge in [-0.15, -0.1) is 0 Å². The van der Waals surface area contributed by atoms with Gasteiger partial charge < -0.3 is 5.32 Å². The Hall–Kier alpha value is -1.23. The first-order valence-corrected chi connectivity index (χ1v) is 4.61. The predicted molar refractivity (Wildman–Crippen MR) is 49.7 cm³/mol. The number of nitrogens with one attached hydrogen (secondary N) is 1. The number of likely N-dealkylation sites (N-methyl/N-ethyl adjacent to an activating group) is 1. The van der Waals surface area contributed by atoms with E-state index in [9.17, 15) is 14.4 Å². The van der Waals surface area contributed by atoms with Crippen molar-refractivity contribution in [2.75, 3.05) is 20.1 Å². The van der Waals surface area contributed by atoms with Crippen molar-refractivity contribution in [1.82, 2.24) is 10.2 Å². The Bertz CT molecular complexity index is 252. The molecule has 1 rings (SSSR count). The molecule has 1 saturated heterocycles. The van der Waals surface area contributed by atoms with Crippen molar-refractivity contribution < 1.29 is 14.4 Å². The van der Waals surface area contributed by atoms with E-state index in [4.69, 9.17) is 0 Å². The van der Waals surface area contributed by atoms with E-state index in [1.807, 2.05) is 11.9 Å². The molecule has 1 aliphatic heterocycles. The molecule has 0 aromatic heterocycles. The normalized spacial score (nSPS) is 21.9. The molecule has 14 heavy (non-hydrogen) atoms. The van der Waals surface area contributed by atoms with Gasteiger partial charge in [0.05, 0.1) is 12.6 Å². The molecule has 1 N–H and O–H groups in total. The second-order valence-electron chi connectivity index (χ2n) is 3.44. The van der Waals surface area contributed by atoms with Crippen molar-refractivity contribution in [3.63, 3.8) is 0 Å². The van der Waals surface area contributed by atoms with Crippen molar-refractivity contribution in [2.24, 2.45) is 0 Å². The molecule has 1 heterocycles. The molecular formula is C9H14N2O3. The summed E-state index contributed by atoms with van der Waals surface area (Å²) in [6.45, 7) is 0.715. The molecule has 1 fully saturated rings. The maximum atomic E-state index is 11.5.